The number of nitrogens with one attached hydrogen (secondary N) is 1. The fourth-order valence-electron chi connectivity index (χ4n) is 2.83. The minimum atomic E-state index is -0.588. The summed E-state index contributed by atoms with van der Waals surface area (Å²) in [6, 6.07) is 0. The van der Waals surface area contributed by atoms with E-state index in [1.165, 1.54) is 0 Å². The van der Waals surface area contributed by atoms with Crippen LogP contribution in [0.5, 0.6) is 0 Å². The summed E-state index contributed by atoms with van der Waals surface area (Å²) in [4.78, 5) is 21.1. The number of amides is 1. The van der Waals surface area contributed by atoms with Gasteiger partial charge >= 0.3 is 0 Å². The Balaban J connectivity index is 2.10. The average Bonchev–Trinajstić information content (AvgIpc) is 2.92. The minimum Gasteiger partial charge on any atom is -0.320 e. The van der Waals surface area contributed by atoms with Crippen molar-refractivity contribution in [2.75, 3.05) is 5.32 Å². The lowest BCUT2D eigenvalue weighted by molar-refractivity contribution is -0.910. The summed E-state index contributed by atoms with van der Waals surface area (Å²) in [6.45, 7) is 9.65. The van der Waals surface area contributed by atoms with Crippen LogP contribution in [0, 0.1) is 22.8 Å². The van der Waals surface area contributed by atoms with E-state index in [-0.39, 0.29) is 17.0 Å². The van der Waals surface area contributed by atoms with E-state index >= 15 is 0 Å². The van der Waals surface area contributed by atoms with Crippen LogP contribution in [0.1, 0.15) is 37.6 Å². The van der Waals surface area contributed by atoms with Crippen molar-refractivity contribution in [2.24, 2.45) is 5.41 Å². The number of nitrogens with zero attached hydrogens (tertiary/aromatic N) is 4. The zero-order valence-electron chi connectivity index (χ0n) is 16.6. The number of carbonyl (C=O) groups is 1. The highest BCUT2D eigenvalue weighted by molar-refractivity contribution is 14.1. The monoisotopic (exact) mass is 592 g/mol. The van der Waals surface area contributed by atoms with Gasteiger partial charge in [-0.3, -0.25) is 15.3 Å². The quantitative estimate of drug-likeness (QED) is 0.201. The Labute approximate surface area is 195 Å². The van der Waals surface area contributed by atoms with Crippen molar-refractivity contribution in [1.29, 1.82) is 0 Å². The van der Waals surface area contributed by atoms with Gasteiger partial charge in [-0.05, 0) is 52.4 Å². The van der Waals surface area contributed by atoms with Crippen LogP contribution in [0.25, 0.3) is 11.0 Å². The summed E-state index contributed by atoms with van der Waals surface area (Å²) < 4.78 is 4.83. The molecule has 0 spiro atoms. The molecule has 1 amide bonds. The zero-order chi connectivity index (χ0) is 21.7. The summed E-state index contributed by atoms with van der Waals surface area (Å²) in [5, 5.41) is 14.1. The lowest BCUT2D eigenvalue weighted by Crippen LogP contribution is -2.37. The summed E-state index contributed by atoms with van der Waals surface area (Å²) in [5.41, 5.74) is 2.54. The van der Waals surface area contributed by atoms with Crippen LogP contribution in [-0.2, 0) is 11.3 Å². The van der Waals surface area contributed by atoms with E-state index in [1.54, 1.807) is 6.20 Å². The molecule has 0 fully saturated rings. The number of rotatable bonds is 3. The Kier molecular flexibility index (Phi) is 6.13. The fraction of sp³-hybridized carbons (Fsp3) is 0.368. The van der Waals surface area contributed by atoms with Crippen LogP contribution >= 0.6 is 50.1 Å². The number of hydrogen-bond acceptors (Lipinski definition) is 4. The van der Waals surface area contributed by atoms with Gasteiger partial charge in [-0.1, -0.05) is 32.4 Å². The summed E-state index contributed by atoms with van der Waals surface area (Å²) in [7, 11) is 0. The van der Waals surface area contributed by atoms with E-state index in [0.717, 1.165) is 23.9 Å². The zero-order valence-corrected chi connectivity index (χ0v) is 21.1. The van der Waals surface area contributed by atoms with Gasteiger partial charge in [0, 0.05) is 35.5 Å². The van der Waals surface area contributed by atoms with Gasteiger partial charge < -0.3 is 4.57 Å². The molecule has 10 heteroatoms. The van der Waals surface area contributed by atoms with Gasteiger partial charge in [0.1, 0.15) is 17.3 Å². The third kappa shape index (κ3) is 4.36. The van der Waals surface area contributed by atoms with E-state index in [9.17, 15) is 10.0 Å². The normalized spacial score (nSPS) is 11.9. The highest BCUT2D eigenvalue weighted by Crippen LogP contribution is 2.30. The molecule has 29 heavy (non-hydrogen) atoms. The molecule has 3 aromatic heterocycles. The van der Waals surface area contributed by atoms with Gasteiger partial charge in [0.25, 0.3) is 5.69 Å². The number of fused-ring (bicyclic) bond motifs is 1. The number of anilines is 1. The SMILES string of the molecule is Cc1c[n+](O)c(Cn2cc(I)c3c(Cl)nc(NC(=O)C(C)(C)C)nc32)c(C)c1Br. The molecular weight excluding hydrogens is 573 g/mol. The Hall–Kier alpha value is -1.46. The number of aromatic nitrogens is 4. The van der Waals surface area contributed by atoms with Crippen LogP contribution in [0.15, 0.2) is 16.9 Å². The number of aryl methyl sites for hydroxylation is 1. The Bertz CT molecular complexity index is 1140. The summed E-state index contributed by atoms with van der Waals surface area (Å²) >= 11 is 12.2. The molecule has 0 unspecified atom stereocenters. The number of pyridine rings is 1. The Morgan fingerprint density at radius 3 is 2.66 bits per heavy atom. The highest BCUT2D eigenvalue weighted by atomic mass is 127. The van der Waals surface area contributed by atoms with E-state index in [1.807, 2.05) is 45.4 Å². The first-order valence-corrected chi connectivity index (χ1v) is 11.1. The van der Waals surface area contributed by atoms with E-state index in [4.69, 9.17) is 11.6 Å². The van der Waals surface area contributed by atoms with Gasteiger partial charge in [0.2, 0.25) is 18.1 Å². The van der Waals surface area contributed by atoms with Crippen molar-refractivity contribution in [2.45, 2.75) is 41.2 Å². The van der Waals surface area contributed by atoms with Crippen LogP contribution in [0.3, 0.4) is 0 Å². The first-order valence-electron chi connectivity index (χ1n) is 8.83. The molecule has 0 bridgehead atoms. The number of carbonyl (C=O) groups excluding carboxylic acids is 1. The number of halogens is 3. The fourth-order valence-corrected chi connectivity index (χ4v) is 4.42. The first kappa shape index (κ1) is 22.2. The molecule has 3 rings (SSSR count). The van der Waals surface area contributed by atoms with Gasteiger partial charge in [-0.25, -0.2) is 0 Å². The molecule has 0 saturated carbocycles. The molecule has 0 aliphatic carbocycles. The minimum absolute atomic E-state index is 0.150. The molecule has 0 atom stereocenters. The van der Waals surface area contributed by atoms with Crippen molar-refractivity contribution < 1.29 is 14.7 Å². The molecule has 0 radical (unpaired) electrons. The topological polar surface area (TPSA) is 83.9 Å². The second-order valence-electron chi connectivity index (χ2n) is 7.89. The van der Waals surface area contributed by atoms with Crippen LogP contribution in [0.2, 0.25) is 5.15 Å². The van der Waals surface area contributed by atoms with Gasteiger partial charge in [-0.2, -0.15) is 9.97 Å². The summed E-state index contributed by atoms with van der Waals surface area (Å²) in [5.74, 6) is -0.0518. The van der Waals surface area contributed by atoms with Crippen molar-refractivity contribution in [3.05, 3.63) is 42.4 Å². The summed E-state index contributed by atoms with van der Waals surface area (Å²) in [6.07, 6.45) is 3.55. The van der Waals surface area contributed by atoms with E-state index < -0.39 is 5.41 Å². The standard InChI is InChI=1S/C19H20BrClIN5O2/c1-9-6-27(29)12(10(2)14(9)20)8-26-7-11(22)13-15(21)23-18(24-16(13)26)25-17(28)19(3,4)5/h6-7H,8H2,1-5H3,(H-,23,24,25,28,29)/p+1. The molecule has 0 aromatic carbocycles. The van der Waals surface area contributed by atoms with Gasteiger partial charge in [0.05, 0.1) is 5.39 Å². The lowest BCUT2D eigenvalue weighted by atomic mass is 9.96. The maximum absolute atomic E-state index is 12.3. The lowest BCUT2D eigenvalue weighted by Gasteiger charge is -2.16. The van der Waals surface area contributed by atoms with E-state index in [2.05, 4.69) is 53.8 Å². The van der Waals surface area contributed by atoms with Gasteiger partial charge in [-0.15, -0.1) is 0 Å². The molecule has 154 valence electrons. The van der Waals surface area contributed by atoms with Crippen LogP contribution in [0.4, 0.5) is 5.95 Å². The molecule has 2 N–H and O–H groups in total. The third-order valence-electron chi connectivity index (χ3n) is 4.55. The second-order valence-corrected chi connectivity index (χ2v) is 10.2. The number of hydrogen-bond donors (Lipinski definition) is 2. The van der Waals surface area contributed by atoms with Gasteiger partial charge in [0.15, 0.2) is 0 Å². The van der Waals surface area contributed by atoms with Crippen LogP contribution in [-0.4, -0.2) is 25.6 Å². The van der Waals surface area contributed by atoms with Crippen LogP contribution < -0.4 is 10.0 Å². The molecule has 7 nitrogen and oxygen atoms in total. The smallest absolute Gasteiger partial charge is 0.257 e. The predicted molar refractivity (Wildman–Crippen MR) is 123 cm³/mol. The van der Waals surface area contributed by atoms with Crippen molar-refractivity contribution in [3.8, 4) is 0 Å². The molecule has 3 heterocycles. The second kappa shape index (κ2) is 7.99. The van der Waals surface area contributed by atoms with Crippen molar-refractivity contribution in [3.63, 3.8) is 0 Å². The van der Waals surface area contributed by atoms with Crippen molar-refractivity contribution >= 4 is 73.0 Å². The molecule has 0 aliphatic rings. The van der Waals surface area contributed by atoms with E-state index in [0.29, 0.717) is 23.3 Å². The molecule has 3 aromatic rings. The first-order chi connectivity index (χ1) is 13.4. The molecule has 0 aliphatic heterocycles. The highest BCUT2D eigenvalue weighted by Gasteiger charge is 2.25. The Morgan fingerprint density at radius 2 is 2.03 bits per heavy atom. The third-order valence-corrected chi connectivity index (χ3v) is 6.86. The predicted octanol–water partition coefficient (Wildman–Crippen LogP) is 4.63. The Morgan fingerprint density at radius 1 is 1.38 bits per heavy atom. The maximum atomic E-state index is 12.3. The molecular formula is C19H21BrClIN5O2+. The average molecular weight is 594 g/mol. The molecule has 0 saturated heterocycles. The maximum Gasteiger partial charge on any atom is 0.257 e. The largest absolute Gasteiger partial charge is 0.320 e. The van der Waals surface area contributed by atoms with Crippen molar-refractivity contribution in [1.82, 2.24) is 14.5 Å².